The number of rotatable bonds is 7. The molecule has 5 aromatic rings. The number of benzene rings is 2. The van der Waals surface area contributed by atoms with Gasteiger partial charge < -0.3 is 14.0 Å². The van der Waals surface area contributed by atoms with Gasteiger partial charge >= 0.3 is 0 Å². The highest BCUT2D eigenvalue weighted by molar-refractivity contribution is 7.92. The van der Waals surface area contributed by atoms with Crippen molar-refractivity contribution in [2.45, 2.75) is 11.8 Å². The standard InChI is InChI=1S/C26H21FN4O6S/c1-15-10-19(26(36-3)28-14-15)18-12-23(35-2)22(13-20(18)27)31-21-6-5-17(11-16(21)4-7-25(31)32)38(33,34)30-24-8-9-37-29-24/h4-14H,1-3H3,(H,29,30). The first-order chi connectivity index (χ1) is 18.2. The fraction of sp³-hybridized carbons (Fsp3) is 0.115. The van der Waals surface area contributed by atoms with Crippen molar-refractivity contribution in [3.8, 4) is 28.4 Å². The van der Waals surface area contributed by atoms with Gasteiger partial charge in [0.1, 0.15) is 17.8 Å². The molecule has 0 fully saturated rings. The van der Waals surface area contributed by atoms with Crippen LogP contribution in [0.4, 0.5) is 10.2 Å². The fourth-order valence-electron chi connectivity index (χ4n) is 4.10. The molecule has 38 heavy (non-hydrogen) atoms. The first-order valence-corrected chi connectivity index (χ1v) is 12.7. The lowest BCUT2D eigenvalue weighted by molar-refractivity contribution is 0.398. The zero-order chi connectivity index (χ0) is 27.0. The molecule has 0 amide bonds. The van der Waals surface area contributed by atoms with Crippen molar-refractivity contribution < 1.29 is 26.8 Å². The highest BCUT2D eigenvalue weighted by Crippen LogP contribution is 2.37. The predicted octanol–water partition coefficient (Wildman–Crippen LogP) is 4.31. The van der Waals surface area contributed by atoms with Gasteiger partial charge in [-0.15, -0.1) is 0 Å². The van der Waals surface area contributed by atoms with Gasteiger partial charge in [0.25, 0.3) is 15.6 Å². The molecule has 2 aromatic carbocycles. The topological polar surface area (TPSA) is 126 Å². The van der Waals surface area contributed by atoms with Crippen molar-refractivity contribution in [1.82, 2.24) is 14.7 Å². The minimum atomic E-state index is -3.99. The molecule has 1 N–H and O–H groups in total. The van der Waals surface area contributed by atoms with Crippen LogP contribution in [0.5, 0.6) is 11.6 Å². The second kappa shape index (κ2) is 9.63. The van der Waals surface area contributed by atoms with Crippen molar-refractivity contribution in [1.29, 1.82) is 0 Å². The fourth-order valence-corrected chi connectivity index (χ4v) is 5.13. The van der Waals surface area contributed by atoms with E-state index >= 15 is 4.39 Å². The Balaban J connectivity index is 1.66. The van der Waals surface area contributed by atoms with Gasteiger partial charge in [-0.2, -0.15) is 0 Å². The Morgan fingerprint density at radius 2 is 1.82 bits per heavy atom. The average molecular weight is 537 g/mol. The maximum atomic E-state index is 15.6. The first kappa shape index (κ1) is 25.0. The molecule has 0 aliphatic carbocycles. The zero-order valence-electron chi connectivity index (χ0n) is 20.4. The third-order valence-corrected chi connectivity index (χ3v) is 7.19. The molecular formula is C26H21FN4O6S. The Kier molecular flexibility index (Phi) is 6.33. The number of halogens is 1. The number of anilines is 1. The van der Waals surface area contributed by atoms with Gasteiger partial charge in [-0.1, -0.05) is 5.16 Å². The van der Waals surface area contributed by atoms with Crippen LogP contribution in [-0.2, 0) is 10.0 Å². The molecule has 3 aromatic heterocycles. The molecule has 0 radical (unpaired) electrons. The van der Waals surface area contributed by atoms with Gasteiger partial charge in [0.05, 0.1) is 30.3 Å². The van der Waals surface area contributed by atoms with Gasteiger partial charge in [0.15, 0.2) is 5.82 Å². The van der Waals surface area contributed by atoms with Crippen LogP contribution in [0.1, 0.15) is 5.56 Å². The maximum Gasteiger partial charge on any atom is 0.263 e. The van der Waals surface area contributed by atoms with Crippen LogP contribution in [0, 0.1) is 12.7 Å². The van der Waals surface area contributed by atoms with E-state index in [9.17, 15) is 13.2 Å². The number of nitrogens with one attached hydrogen (secondary N) is 1. The summed E-state index contributed by atoms with van der Waals surface area (Å²) in [7, 11) is -1.14. The lowest BCUT2D eigenvalue weighted by Gasteiger charge is -2.17. The van der Waals surface area contributed by atoms with Crippen LogP contribution in [0.3, 0.4) is 0 Å². The molecule has 10 nitrogen and oxygen atoms in total. The molecule has 0 spiro atoms. The molecular weight excluding hydrogens is 515 g/mol. The van der Waals surface area contributed by atoms with Gasteiger partial charge in [-0.25, -0.2) is 17.8 Å². The largest absolute Gasteiger partial charge is 0.495 e. The highest BCUT2D eigenvalue weighted by atomic mass is 32.2. The van der Waals surface area contributed by atoms with E-state index in [1.54, 1.807) is 12.3 Å². The van der Waals surface area contributed by atoms with Crippen molar-refractivity contribution >= 4 is 26.7 Å². The maximum absolute atomic E-state index is 15.6. The quantitative estimate of drug-likeness (QED) is 0.326. The molecule has 12 heteroatoms. The summed E-state index contributed by atoms with van der Waals surface area (Å²) in [5, 5.41) is 3.97. The predicted molar refractivity (Wildman–Crippen MR) is 138 cm³/mol. The number of ether oxygens (including phenoxy) is 2. The van der Waals surface area contributed by atoms with Crippen LogP contribution in [-0.4, -0.2) is 37.3 Å². The van der Waals surface area contributed by atoms with Crippen LogP contribution in [0.25, 0.3) is 27.7 Å². The third-order valence-electron chi connectivity index (χ3n) is 5.83. The van der Waals surface area contributed by atoms with Crippen LogP contribution in [0.2, 0.25) is 0 Å². The smallest absolute Gasteiger partial charge is 0.263 e. The van der Waals surface area contributed by atoms with E-state index < -0.39 is 21.4 Å². The molecule has 0 aliphatic heterocycles. The Bertz CT molecular complexity index is 1840. The number of pyridine rings is 2. The van der Waals surface area contributed by atoms with Crippen LogP contribution in [0.15, 0.2) is 81.3 Å². The van der Waals surface area contributed by atoms with Gasteiger partial charge in [-0.05, 0) is 48.9 Å². The number of hydrogen-bond acceptors (Lipinski definition) is 8. The summed E-state index contributed by atoms with van der Waals surface area (Å²) < 4.78 is 60.3. The summed E-state index contributed by atoms with van der Waals surface area (Å²) in [6.45, 7) is 1.82. The van der Waals surface area contributed by atoms with Crippen molar-refractivity contribution in [2.75, 3.05) is 18.9 Å². The normalized spacial score (nSPS) is 11.5. The summed E-state index contributed by atoms with van der Waals surface area (Å²) in [6.07, 6.45) is 2.84. The second-order valence-corrected chi connectivity index (χ2v) is 9.97. The monoisotopic (exact) mass is 536 g/mol. The summed E-state index contributed by atoms with van der Waals surface area (Å²) in [6, 6.07) is 12.7. The number of methoxy groups -OCH3 is 2. The highest BCUT2D eigenvalue weighted by Gasteiger charge is 2.21. The Morgan fingerprint density at radius 1 is 1.00 bits per heavy atom. The lowest BCUT2D eigenvalue weighted by atomic mass is 10.0. The van der Waals surface area contributed by atoms with Gasteiger partial charge in [0.2, 0.25) is 5.88 Å². The Morgan fingerprint density at radius 3 is 2.53 bits per heavy atom. The number of aromatic nitrogens is 3. The summed E-state index contributed by atoms with van der Waals surface area (Å²) in [5.74, 6) is -0.161. The minimum absolute atomic E-state index is 0.0239. The molecule has 3 heterocycles. The SMILES string of the molecule is COc1cc(-c2cc(C)cnc2OC)c(F)cc1-n1c(=O)ccc2cc(S(=O)(=O)Nc3ccon3)ccc21. The molecule has 0 saturated heterocycles. The van der Waals surface area contributed by atoms with E-state index in [1.165, 1.54) is 73.6 Å². The number of aryl methyl sites for hydroxylation is 1. The van der Waals surface area contributed by atoms with E-state index in [1.807, 2.05) is 6.92 Å². The minimum Gasteiger partial charge on any atom is -0.495 e. The van der Waals surface area contributed by atoms with E-state index in [2.05, 4.69) is 19.4 Å². The summed E-state index contributed by atoms with van der Waals surface area (Å²) >= 11 is 0. The molecule has 0 atom stereocenters. The van der Waals surface area contributed by atoms with E-state index in [0.717, 1.165) is 5.56 Å². The number of fused-ring (bicyclic) bond motifs is 1. The van der Waals surface area contributed by atoms with Crippen LogP contribution < -0.4 is 19.8 Å². The van der Waals surface area contributed by atoms with E-state index in [-0.39, 0.29) is 33.6 Å². The first-order valence-electron chi connectivity index (χ1n) is 11.2. The Labute approximate surface area is 216 Å². The molecule has 0 saturated carbocycles. The van der Waals surface area contributed by atoms with Gasteiger partial charge in [-0.3, -0.25) is 14.1 Å². The summed E-state index contributed by atoms with van der Waals surface area (Å²) in [5.41, 5.74) is 1.43. The van der Waals surface area contributed by atoms with Crippen molar-refractivity contribution in [3.63, 3.8) is 0 Å². The van der Waals surface area contributed by atoms with Crippen molar-refractivity contribution in [3.05, 3.63) is 88.8 Å². The Hall–Kier alpha value is -4.71. The van der Waals surface area contributed by atoms with Crippen molar-refractivity contribution in [2.24, 2.45) is 0 Å². The lowest BCUT2D eigenvalue weighted by Crippen LogP contribution is -2.19. The van der Waals surface area contributed by atoms with E-state index in [0.29, 0.717) is 16.5 Å². The number of sulfonamides is 1. The van der Waals surface area contributed by atoms with E-state index in [4.69, 9.17) is 9.47 Å². The molecule has 0 bridgehead atoms. The van der Waals surface area contributed by atoms with Crippen LogP contribution >= 0.6 is 0 Å². The average Bonchev–Trinajstić information content (AvgIpc) is 3.40. The van der Waals surface area contributed by atoms with Gasteiger partial charge in [0, 0.05) is 40.9 Å². The molecule has 0 aliphatic rings. The molecule has 5 rings (SSSR count). The molecule has 0 unspecified atom stereocenters. The third kappa shape index (κ3) is 4.45. The number of nitrogens with zero attached hydrogens (tertiary/aromatic N) is 3. The number of hydrogen-bond donors (Lipinski definition) is 1. The summed E-state index contributed by atoms with van der Waals surface area (Å²) in [4.78, 5) is 17.2. The zero-order valence-corrected chi connectivity index (χ0v) is 21.2. The molecule has 194 valence electrons. The second-order valence-electron chi connectivity index (χ2n) is 8.29.